The second-order valence-electron chi connectivity index (χ2n) is 9.27. The molecule has 3 aromatic carbocycles. The van der Waals surface area contributed by atoms with Crippen LogP contribution in [-0.4, -0.2) is 23.3 Å². The van der Waals surface area contributed by atoms with Gasteiger partial charge in [-0.15, -0.1) is 11.3 Å². The number of aromatic nitrogens is 1. The highest BCUT2D eigenvalue weighted by molar-refractivity contribution is 7.09. The molecule has 1 saturated heterocycles. The summed E-state index contributed by atoms with van der Waals surface area (Å²) in [5.74, 6) is 0.801. The molecule has 5 aromatic rings. The minimum atomic E-state index is -0.826. The Labute approximate surface area is 214 Å². The number of ether oxygens (including phenoxy) is 2. The number of benzene rings is 3. The van der Waals surface area contributed by atoms with Crippen LogP contribution >= 0.6 is 11.3 Å². The molecule has 0 aliphatic carbocycles. The summed E-state index contributed by atoms with van der Waals surface area (Å²) in [6, 6.07) is 20.7. The van der Waals surface area contributed by atoms with Crippen LogP contribution < -0.4 is 4.74 Å². The monoisotopic (exact) mass is 497 g/mol. The molecule has 2 aromatic heterocycles. The molecule has 0 amide bonds. The molecule has 36 heavy (non-hydrogen) atoms. The summed E-state index contributed by atoms with van der Waals surface area (Å²) in [7, 11) is 0. The van der Waals surface area contributed by atoms with Crippen molar-refractivity contribution < 1.29 is 19.0 Å². The first kappa shape index (κ1) is 23.0. The molecule has 0 unspecified atom stereocenters. The summed E-state index contributed by atoms with van der Waals surface area (Å²) in [5, 5.41) is 16.4. The average molecular weight is 498 g/mol. The van der Waals surface area contributed by atoms with E-state index in [1.165, 1.54) is 5.56 Å². The zero-order chi connectivity index (χ0) is 24.4. The highest BCUT2D eigenvalue weighted by Gasteiger charge is 2.31. The van der Waals surface area contributed by atoms with Crippen LogP contribution in [-0.2, 0) is 23.4 Å². The Bertz CT molecular complexity index is 1450. The molecule has 0 radical (unpaired) electrons. The molecule has 1 aliphatic heterocycles. The van der Waals surface area contributed by atoms with E-state index in [4.69, 9.17) is 13.9 Å². The molecule has 0 spiro atoms. The largest absolute Gasteiger partial charge is 0.489 e. The molecule has 5 nitrogen and oxygen atoms in total. The minimum absolute atomic E-state index is 0.426. The fourth-order valence-corrected chi connectivity index (χ4v) is 5.53. The van der Waals surface area contributed by atoms with Crippen LogP contribution in [0.2, 0.25) is 0 Å². The number of furan rings is 1. The second kappa shape index (κ2) is 9.90. The average Bonchev–Trinajstić information content (AvgIpc) is 3.63. The number of hydrogen-bond donors (Lipinski definition) is 1. The van der Waals surface area contributed by atoms with Crippen molar-refractivity contribution in [3.8, 4) is 16.9 Å². The van der Waals surface area contributed by atoms with E-state index in [2.05, 4.69) is 29.2 Å². The Morgan fingerprint density at radius 2 is 1.92 bits per heavy atom. The SMILES string of the molecule is OC1(c2cccc(COc3ccc4cc(Cc5nccs5)cc(-c5ccoc5)c4c3)c2)CCOCC1. The smallest absolute Gasteiger partial charge is 0.120 e. The van der Waals surface area contributed by atoms with E-state index >= 15 is 0 Å². The first-order valence-electron chi connectivity index (χ1n) is 12.2. The van der Waals surface area contributed by atoms with E-state index in [0.717, 1.165) is 50.2 Å². The molecule has 1 N–H and O–H groups in total. The van der Waals surface area contributed by atoms with Gasteiger partial charge >= 0.3 is 0 Å². The van der Waals surface area contributed by atoms with Gasteiger partial charge in [0.2, 0.25) is 0 Å². The van der Waals surface area contributed by atoms with E-state index in [0.29, 0.717) is 32.7 Å². The van der Waals surface area contributed by atoms with Crippen molar-refractivity contribution in [2.45, 2.75) is 31.5 Å². The van der Waals surface area contributed by atoms with E-state index in [-0.39, 0.29) is 0 Å². The van der Waals surface area contributed by atoms with Gasteiger partial charge in [0.1, 0.15) is 12.4 Å². The first-order valence-corrected chi connectivity index (χ1v) is 13.0. The first-order chi connectivity index (χ1) is 17.7. The van der Waals surface area contributed by atoms with Crippen molar-refractivity contribution in [2.75, 3.05) is 13.2 Å². The lowest BCUT2D eigenvalue weighted by Gasteiger charge is -2.32. The third-order valence-electron chi connectivity index (χ3n) is 6.85. The summed E-state index contributed by atoms with van der Waals surface area (Å²) in [6.07, 6.45) is 7.36. The Morgan fingerprint density at radius 3 is 2.72 bits per heavy atom. The van der Waals surface area contributed by atoms with Gasteiger partial charge in [-0.25, -0.2) is 4.98 Å². The zero-order valence-corrected chi connectivity index (χ0v) is 20.7. The summed E-state index contributed by atoms with van der Waals surface area (Å²) < 4.78 is 17.1. The lowest BCUT2D eigenvalue weighted by atomic mass is 9.86. The lowest BCUT2D eigenvalue weighted by molar-refractivity contribution is -0.0679. The molecule has 0 bridgehead atoms. The quantitative estimate of drug-likeness (QED) is 0.270. The normalized spacial score (nSPS) is 15.2. The number of nitrogens with zero attached hydrogens (tertiary/aromatic N) is 1. The van der Waals surface area contributed by atoms with Crippen molar-refractivity contribution in [1.29, 1.82) is 0 Å². The maximum Gasteiger partial charge on any atom is 0.120 e. The number of aliphatic hydroxyl groups is 1. The van der Waals surface area contributed by atoms with Crippen LogP contribution in [0.5, 0.6) is 5.75 Å². The van der Waals surface area contributed by atoms with Crippen molar-refractivity contribution in [1.82, 2.24) is 4.98 Å². The molecule has 3 heterocycles. The van der Waals surface area contributed by atoms with Gasteiger partial charge in [-0.05, 0) is 63.4 Å². The van der Waals surface area contributed by atoms with Gasteiger partial charge < -0.3 is 19.0 Å². The number of thiazole rings is 1. The molecule has 0 saturated carbocycles. The number of hydrogen-bond acceptors (Lipinski definition) is 6. The topological polar surface area (TPSA) is 64.7 Å². The van der Waals surface area contributed by atoms with Crippen molar-refractivity contribution >= 4 is 22.1 Å². The number of rotatable bonds is 7. The van der Waals surface area contributed by atoms with Crippen LogP contribution in [0.4, 0.5) is 0 Å². The predicted octanol–water partition coefficient (Wildman–Crippen LogP) is 6.72. The highest BCUT2D eigenvalue weighted by atomic mass is 32.1. The third kappa shape index (κ3) is 4.80. The van der Waals surface area contributed by atoms with Crippen molar-refractivity contribution in [3.05, 3.63) is 106 Å². The Balaban J connectivity index is 1.27. The van der Waals surface area contributed by atoms with Gasteiger partial charge in [-0.3, -0.25) is 0 Å². The maximum absolute atomic E-state index is 11.1. The van der Waals surface area contributed by atoms with Crippen molar-refractivity contribution in [3.63, 3.8) is 0 Å². The molecule has 182 valence electrons. The summed E-state index contributed by atoms with van der Waals surface area (Å²) in [4.78, 5) is 4.45. The summed E-state index contributed by atoms with van der Waals surface area (Å²) in [5.41, 5.74) is 4.50. The zero-order valence-electron chi connectivity index (χ0n) is 19.9. The Morgan fingerprint density at radius 1 is 1.00 bits per heavy atom. The minimum Gasteiger partial charge on any atom is -0.489 e. The molecule has 0 atom stereocenters. The van der Waals surface area contributed by atoms with Crippen molar-refractivity contribution in [2.24, 2.45) is 0 Å². The van der Waals surface area contributed by atoms with Crippen LogP contribution in [0.15, 0.2) is 89.2 Å². The molecule has 1 aliphatic rings. The third-order valence-corrected chi connectivity index (χ3v) is 7.63. The van der Waals surface area contributed by atoms with Crippen LogP contribution in [0.25, 0.3) is 21.9 Å². The highest BCUT2D eigenvalue weighted by Crippen LogP contribution is 2.35. The van der Waals surface area contributed by atoms with E-state index in [1.54, 1.807) is 23.9 Å². The maximum atomic E-state index is 11.1. The Kier molecular flexibility index (Phi) is 6.32. The van der Waals surface area contributed by atoms with Gasteiger partial charge in [0.25, 0.3) is 0 Å². The standard InChI is InChI=1S/C30H27NO4S/c32-30(7-11-33-12-8-30)25-3-1-2-21(15-25)19-35-26-5-4-23-14-22(17-29-31-9-13-36-29)16-27(28(23)18-26)24-6-10-34-20-24/h1-6,9-10,13-16,18,20,32H,7-8,11-12,17,19H2. The lowest BCUT2D eigenvalue weighted by Crippen LogP contribution is -2.33. The van der Waals surface area contributed by atoms with Crippen LogP contribution in [0.3, 0.4) is 0 Å². The second-order valence-corrected chi connectivity index (χ2v) is 10.3. The van der Waals surface area contributed by atoms with Gasteiger partial charge in [0.15, 0.2) is 0 Å². The van der Waals surface area contributed by atoms with E-state index in [9.17, 15) is 5.11 Å². The molecule has 6 rings (SSSR count). The predicted molar refractivity (Wildman–Crippen MR) is 141 cm³/mol. The van der Waals surface area contributed by atoms with Gasteiger partial charge in [0.05, 0.1) is 23.1 Å². The van der Waals surface area contributed by atoms with Gasteiger partial charge in [-0.1, -0.05) is 30.3 Å². The number of fused-ring (bicyclic) bond motifs is 1. The Hall–Kier alpha value is -3.45. The fourth-order valence-electron chi connectivity index (χ4n) is 4.88. The van der Waals surface area contributed by atoms with Gasteiger partial charge in [0, 0.05) is 49.6 Å². The molecule has 1 fully saturated rings. The van der Waals surface area contributed by atoms with Crippen LogP contribution in [0, 0.1) is 0 Å². The van der Waals surface area contributed by atoms with Gasteiger partial charge in [-0.2, -0.15) is 0 Å². The summed E-state index contributed by atoms with van der Waals surface area (Å²) >= 11 is 1.67. The van der Waals surface area contributed by atoms with E-state index in [1.807, 2.05) is 48.0 Å². The molecule has 6 heteroatoms. The fraction of sp³-hybridized carbons (Fsp3) is 0.233. The summed E-state index contributed by atoms with van der Waals surface area (Å²) in [6.45, 7) is 1.59. The van der Waals surface area contributed by atoms with E-state index < -0.39 is 5.60 Å². The molecular weight excluding hydrogens is 470 g/mol. The van der Waals surface area contributed by atoms with Crippen LogP contribution in [0.1, 0.15) is 34.5 Å². The molecular formula is C30H27NO4S.